The van der Waals surface area contributed by atoms with Gasteiger partial charge < -0.3 is 9.13 Å². The number of aromatic nitrogens is 4. The zero-order valence-electron chi connectivity index (χ0n) is 11.2. The van der Waals surface area contributed by atoms with Crippen LogP contribution in [0.5, 0.6) is 0 Å². The Hall–Kier alpha value is -0.312. The van der Waals surface area contributed by atoms with Crippen molar-refractivity contribution in [1.82, 2.24) is 19.1 Å². The van der Waals surface area contributed by atoms with Gasteiger partial charge in [0.2, 0.25) is 0 Å². The van der Waals surface area contributed by atoms with E-state index in [1.54, 1.807) is 12.4 Å². The first-order chi connectivity index (χ1) is 9.28. The Morgan fingerprint density at radius 3 is 1.47 bits per heavy atom. The Morgan fingerprint density at radius 1 is 0.895 bits per heavy atom. The number of rotatable bonds is 4. The van der Waals surface area contributed by atoms with E-state index in [0.29, 0.717) is 0 Å². The molecular weight excluding hydrogens is 466 g/mol. The van der Waals surface area contributed by atoms with Gasteiger partial charge in [0.1, 0.15) is 0 Å². The number of halogens is 2. The summed E-state index contributed by atoms with van der Waals surface area (Å²) in [6.45, 7) is 6.47. The molecule has 0 spiro atoms. The molecule has 2 aromatic heterocycles. The molecule has 0 aliphatic heterocycles. The van der Waals surface area contributed by atoms with Gasteiger partial charge in [-0.25, -0.2) is 9.97 Å². The molecule has 112 valence electrons. The van der Waals surface area contributed by atoms with Gasteiger partial charge in [0.05, 0.1) is 12.7 Å². The van der Waals surface area contributed by atoms with E-state index < -0.39 is 16.5 Å². The molecule has 2 aromatic rings. The summed E-state index contributed by atoms with van der Waals surface area (Å²) in [5, 5.41) is 0. The summed E-state index contributed by atoms with van der Waals surface area (Å²) >= 11 is -0.472. The zero-order valence-corrected chi connectivity index (χ0v) is 14.9. The van der Waals surface area contributed by atoms with Crippen molar-refractivity contribution in [2.24, 2.45) is 0 Å². The summed E-state index contributed by atoms with van der Waals surface area (Å²) in [7, 11) is 9.75. The molecule has 7 heteroatoms. The fraction of sp³-hybridized carbons (Fsp3) is 0.500. The number of hydrogen-bond donors (Lipinski definition) is 0. The molecular formula is C12H20Cl2N4Pt. The minimum absolute atomic E-state index is 0.472. The third kappa shape index (κ3) is 11.2. The van der Waals surface area contributed by atoms with Crippen LogP contribution in [0.3, 0.4) is 0 Å². The zero-order chi connectivity index (χ0) is 14.3. The summed E-state index contributed by atoms with van der Waals surface area (Å²) in [6.07, 6.45) is 13.6. The van der Waals surface area contributed by atoms with Gasteiger partial charge >= 0.3 is 35.3 Å². The van der Waals surface area contributed by atoms with Gasteiger partial charge in [-0.1, -0.05) is 13.8 Å². The second-order valence-corrected chi connectivity index (χ2v) is 6.93. The van der Waals surface area contributed by atoms with Crippen LogP contribution >= 0.6 is 18.8 Å². The number of aryl methyl sites for hydroxylation is 2. The molecule has 0 saturated heterocycles. The molecule has 0 fully saturated rings. The molecule has 0 saturated carbocycles. The van der Waals surface area contributed by atoms with E-state index in [9.17, 15) is 0 Å². The number of nitrogens with zero attached hydrogens (tertiary/aromatic N) is 4. The fourth-order valence-corrected chi connectivity index (χ4v) is 1.35. The molecule has 0 N–H and O–H groups in total. The molecule has 0 unspecified atom stereocenters. The van der Waals surface area contributed by atoms with Crippen molar-refractivity contribution >= 4 is 18.8 Å². The van der Waals surface area contributed by atoms with Gasteiger partial charge in [0.25, 0.3) is 0 Å². The molecule has 0 amide bonds. The van der Waals surface area contributed by atoms with Gasteiger partial charge in [0, 0.05) is 37.9 Å². The van der Waals surface area contributed by atoms with Crippen molar-refractivity contribution in [3.05, 3.63) is 37.4 Å². The molecule has 0 radical (unpaired) electrons. The van der Waals surface area contributed by atoms with Gasteiger partial charge in [-0.3, -0.25) is 0 Å². The standard InChI is InChI=1S/2C6H10N2.2ClH.Pt/c2*1-2-4-8-5-3-7-6-8;;;/h2*3,5-6H,2,4H2,1H3;2*1H;/q;;;;+2/p-2. The van der Waals surface area contributed by atoms with Crippen LogP contribution in [0.15, 0.2) is 37.4 Å². The van der Waals surface area contributed by atoms with Crippen molar-refractivity contribution in [3.8, 4) is 0 Å². The molecule has 0 aliphatic carbocycles. The Morgan fingerprint density at radius 2 is 1.26 bits per heavy atom. The molecule has 0 aromatic carbocycles. The van der Waals surface area contributed by atoms with Crippen LogP contribution in [0.25, 0.3) is 0 Å². The Balaban J connectivity index is 0.000000284. The predicted molar refractivity (Wildman–Crippen MR) is 76.7 cm³/mol. The van der Waals surface area contributed by atoms with Crippen molar-refractivity contribution in [3.63, 3.8) is 0 Å². The molecule has 2 rings (SSSR count). The predicted octanol–water partition coefficient (Wildman–Crippen LogP) is 3.96. The quantitative estimate of drug-likeness (QED) is 0.656. The molecule has 2 heterocycles. The van der Waals surface area contributed by atoms with E-state index in [1.807, 2.05) is 25.0 Å². The van der Waals surface area contributed by atoms with E-state index >= 15 is 0 Å². The van der Waals surface area contributed by atoms with E-state index in [1.165, 1.54) is 12.8 Å². The molecule has 19 heavy (non-hydrogen) atoms. The van der Waals surface area contributed by atoms with Crippen LogP contribution in [0.1, 0.15) is 26.7 Å². The first-order valence-electron chi connectivity index (χ1n) is 6.02. The maximum atomic E-state index is 4.88. The monoisotopic (exact) mass is 485 g/mol. The second kappa shape index (κ2) is 14.1. The van der Waals surface area contributed by atoms with Crippen molar-refractivity contribution in [2.45, 2.75) is 39.8 Å². The topological polar surface area (TPSA) is 35.6 Å². The SMILES string of the molecule is CCCn1ccnc1.CCCn1ccnc1.[Cl][Pt][Cl]. The molecule has 0 aliphatic rings. The second-order valence-electron chi connectivity index (χ2n) is 3.65. The maximum absolute atomic E-state index is 4.88. The summed E-state index contributed by atoms with van der Waals surface area (Å²) < 4.78 is 4.14. The average molecular weight is 486 g/mol. The van der Waals surface area contributed by atoms with Gasteiger partial charge in [-0.15, -0.1) is 0 Å². The Labute approximate surface area is 131 Å². The number of imidazole rings is 2. The summed E-state index contributed by atoms with van der Waals surface area (Å²) in [5.74, 6) is 0. The summed E-state index contributed by atoms with van der Waals surface area (Å²) in [6, 6.07) is 0. The van der Waals surface area contributed by atoms with E-state index in [-0.39, 0.29) is 0 Å². The van der Waals surface area contributed by atoms with Gasteiger partial charge in [-0.05, 0) is 12.8 Å². The van der Waals surface area contributed by atoms with E-state index in [2.05, 4.69) is 32.9 Å². The fourth-order valence-electron chi connectivity index (χ4n) is 1.35. The average Bonchev–Trinajstić information content (AvgIpc) is 3.05. The van der Waals surface area contributed by atoms with Crippen molar-refractivity contribution in [1.29, 1.82) is 0 Å². The van der Waals surface area contributed by atoms with Crippen molar-refractivity contribution < 1.29 is 16.5 Å². The van der Waals surface area contributed by atoms with Crippen molar-refractivity contribution in [2.75, 3.05) is 0 Å². The van der Waals surface area contributed by atoms with Gasteiger partial charge in [0.15, 0.2) is 0 Å². The molecule has 4 nitrogen and oxygen atoms in total. The van der Waals surface area contributed by atoms with Crippen LogP contribution in [-0.4, -0.2) is 19.1 Å². The molecule has 0 bridgehead atoms. The normalized spacial score (nSPS) is 9.26. The first-order valence-corrected chi connectivity index (χ1v) is 11.6. The first kappa shape index (κ1) is 18.7. The van der Waals surface area contributed by atoms with Crippen LogP contribution in [0.2, 0.25) is 0 Å². The third-order valence-electron chi connectivity index (χ3n) is 2.08. The Bertz CT molecular complexity index is 329. The van der Waals surface area contributed by atoms with Gasteiger partial charge in [-0.2, -0.15) is 0 Å². The number of hydrogen-bond acceptors (Lipinski definition) is 2. The van der Waals surface area contributed by atoms with Crippen LogP contribution in [-0.2, 0) is 29.6 Å². The Kier molecular flexibility index (Phi) is 13.9. The van der Waals surface area contributed by atoms with E-state index in [0.717, 1.165) is 13.1 Å². The van der Waals surface area contributed by atoms with E-state index in [4.69, 9.17) is 18.8 Å². The van der Waals surface area contributed by atoms with Crippen LogP contribution < -0.4 is 0 Å². The summed E-state index contributed by atoms with van der Waals surface area (Å²) in [5.41, 5.74) is 0. The van der Waals surface area contributed by atoms with Crippen LogP contribution in [0.4, 0.5) is 0 Å². The third-order valence-corrected chi connectivity index (χ3v) is 2.08. The minimum atomic E-state index is -0.472. The van der Waals surface area contributed by atoms with Crippen LogP contribution in [0, 0.1) is 0 Å². The summed E-state index contributed by atoms with van der Waals surface area (Å²) in [4.78, 5) is 7.81. The molecule has 0 atom stereocenters.